The standard InChI is InChI=1S/C22H21N3O5S/c1-29-21-9-5-17(13-24-21)16-4-8-20-18(12-16)14-25(10-11-30-20)22(26)15-2-6-19(7-3-15)31(23,27)28/h2-9,12-13H,10-11,14H2,1H3,(H2,23,27,28). The van der Waals surface area contributed by atoms with Gasteiger partial charge in [-0.15, -0.1) is 0 Å². The Balaban J connectivity index is 1.58. The average Bonchev–Trinajstić information content (AvgIpc) is 3.00. The van der Waals surface area contributed by atoms with Crippen molar-refractivity contribution in [2.45, 2.75) is 11.4 Å². The number of methoxy groups -OCH3 is 1. The van der Waals surface area contributed by atoms with E-state index in [1.54, 1.807) is 24.3 Å². The molecule has 0 aliphatic carbocycles. The van der Waals surface area contributed by atoms with Crippen molar-refractivity contribution in [1.82, 2.24) is 9.88 Å². The highest BCUT2D eigenvalue weighted by molar-refractivity contribution is 7.89. The van der Waals surface area contributed by atoms with E-state index in [2.05, 4.69) is 4.98 Å². The third kappa shape index (κ3) is 4.52. The van der Waals surface area contributed by atoms with Crippen molar-refractivity contribution >= 4 is 15.9 Å². The molecule has 2 N–H and O–H groups in total. The van der Waals surface area contributed by atoms with Gasteiger partial charge in [0, 0.05) is 35.5 Å². The molecule has 2 aromatic carbocycles. The third-order valence-corrected chi connectivity index (χ3v) is 5.97. The van der Waals surface area contributed by atoms with Gasteiger partial charge in [0.2, 0.25) is 15.9 Å². The summed E-state index contributed by atoms with van der Waals surface area (Å²) in [6.07, 6.45) is 1.73. The summed E-state index contributed by atoms with van der Waals surface area (Å²) in [6, 6.07) is 15.1. The molecule has 0 saturated heterocycles. The van der Waals surface area contributed by atoms with Crippen molar-refractivity contribution in [3.63, 3.8) is 0 Å². The third-order valence-electron chi connectivity index (χ3n) is 5.04. The first-order valence-corrected chi connectivity index (χ1v) is 11.1. The molecule has 4 rings (SSSR count). The molecule has 160 valence electrons. The molecule has 0 fully saturated rings. The molecule has 0 radical (unpaired) electrons. The van der Waals surface area contributed by atoms with Crippen LogP contribution in [-0.2, 0) is 16.6 Å². The number of aromatic nitrogens is 1. The van der Waals surface area contributed by atoms with Crippen molar-refractivity contribution < 1.29 is 22.7 Å². The van der Waals surface area contributed by atoms with E-state index in [0.717, 1.165) is 22.4 Å². The van der Waals surface area contributed by atoms with Crippen molar-refractivity contribution in [3.05, 3.63) is 71.9 Å². The second-order valence-corrected chi connectivity index (χ2v) is 8.62. The Hall–Kier alpha value is -3.43. The number of amides is 1. The maximum absolute atomic E-state index is 13.0. The van der Waals surface area contributed by atoms with Crippen LogP contribution in [0.25, 0.3) is 11.1 Å². The maximum atomic E-state index is 13.0. The number of sulfonamides is 1. The zero-order valence-corrected chi connectivity index (χ0v) is 17.6. The fourth-order valence-corrected chi connectivity index (χ4v) is 3.90. The lowest BCUT2D eigenvalue weighted by Gasteiger charge is -2.20. The van der Waals surface area contributed by atoms with E-state index in [4.69, 9.17) is 14.6 Å². The van der Waals surface area contributed by atoms with Crippen LogP contribution in [0.1, 0.15) is 15.9 Å². The summed E-state index contributed by atoms with van der Waals surface area (Å²) >= 11 is 0. The highest BCUT2D eigenvalue weighted by Gasteiger charge is 2.22. The number of carbonyl (C=O) groups excluding carboxylic acids is 1. The number of nitrogens with zero attached hydrogens (tertiary/aromatic N) is 2. The van der Waals surface area contributed by atoms with E-state index in [9.17, 15) is 13.2 Å². The van der Waals surface area contributed by atoms with E-state index >= 15 is 0 Å². The number of nitrogens with two attached hydrogens (primary N) is 1. The second kappa shape index (κ2) is 8.37. The summed E-state index contributed by atoms with van der Waals surface area (Å²) in [4.78, 5) is 18.9. The molecule has 31 heavy (non-hydrogen) atoms. The monoisotopic (exact) mass is 439 g/mol. The molecule has 0 bridgehead atoms. The molecule has 0 spiro atoms. The first kappa shape index (κ1) is 20.8. The predicted molar refractivity (Wildman–Crippen MR) is 114 cm³/mol. The van der Waals surface area contributed by atoms with Gasteiger partial charge >= 0.3 is 0 Å². The number of carbonyl (C=O) groups is 1. The van der Waals surface area contributed by atoms with Crippen LogP contribution in [0.5, 0.6) is 11.6 Å². The molecule has 1 amide bonds. The van der Waals surface area contributed by atoms with Gasteiger partial charge in [-0.25, -0.2) is 18.5 Å². The second-order valence-electron chi connectivity index (χ2n) is 7.06. The molecular weight excluding hydrogens is 418 g/mol. The number of ether oxygens (including phenoxy) is 2. The Morgan fingerprint density at radius 2 is 1.84 bits per heavy atom. The number of pyridine rings is 1. The van der Waals surface area contributed by atoms with Crippen LogP contribution in [-0.4, -0.2) is 44.5 Å². The number of hydrogen-bond acceptors (Lipinski definition) is 6. The van der Waals surface area contributed by atoms with Crippen LogP contribution in [0, 0.1) is 0 Å². The topological polar surface area (TPSA) is 112 Å². The summed E-state index contributed by atoms with van der Waals surface area (Å²) in [5, 5.41) is 5.13. The van der Waals surface area contributed by atoms with Gasteiger partial charge in [-0.1, -0.05) is 6.07 Å². The number of hydrogen-bond donors (Lipinski definition) is 1. The highest BCUT2D eigenvalue weighted by Crippen LogP contribution is 2.30. The van der Waals surface area contributed by atoms with E-state index in [1.807, 2.05) is 24.3 Å². The number of rotatable bonds is 4. The van der Waals surface area contributed by atoms with Crippen LogP contribution in [0.3, 0.4) is 0 Å². The van der Waals surface area contributed by atoms with Gasteiger partial charge in [-0.05, 0) is 48.0 Å². The normalized spacial score (nSPS) is 13.7. The van der Waals surface area contributed by atoms with Crippen LogP contribution < -0.4 is 14.6 Å². The van der Waals surface area contributed by atoms with Crippen molar-refractivity contribution in [2.24, 2.45) is 5.14 Å². The lowest BCUT2D eigenvalue weighted by Crippen LogP contribution is -2.32. The SMILES string of the molecule is COc1ccc(-c2ccc3c(c2)CN(C(=O)c2ccc(S(N)(=O)=O)cc2)CCO3)cn1. The first-order chi connectivity index (χ1) is 14.8. The average molecular weight is 439 g/mol. The van der Waals surface area contributed by atoms with Crippen LogP contribution >= 0.6 is 0 Å². The minimum Gasteiger partial charge on any atom is -0.491 e. The number of benzene rings is 2. The molecule has 0 saturated carbocycles. The minimum atomic E-state index is -3.81. The van der Waals surface area contributed by atoms with E-state index < -0.39 is 10.0 Å². The Labute approximate surface area is 180 Å². The van der Waals surface area contributed by atoms with E-state index in [1.165, 1.54) is 24.3 Å². The van der Waals surface area contributed by atoms with Crippen LogP contribution in [0.2, 0.25) is 0 Å². The molecule has 8 nitrogen and oxygen atoms in total. The molecular formula is C22H21N3O5S. The molecule has 1 aromatic heterocycles. The van der Waals surface area contributed by atoms with Crippen LogP contribution in [0.4, 0.5) is 0 Å². The molecule has 1 aliphatic rings. The van der Waals surface area contributed by atoms with Gasteiger partial charge in [-0.2, -0.15) is 0 Å². The molecule has 9 heteroatoms. The Morgan fingerprint density at radius 3 is 2.48 bits per heavy atom. The summed E-state index contributed by atoms with van der Waals surface area (Å²) in [5.41, 5.74) is 3.13. The minimum absolute atomic E-state index is 0.0358. The smallest absolute Gasteiger partial charge is 0.254 e. The molecule has 1 aliphatic heterocycles. The van der Waals surface area contributed by atoms with Crippen LogP contribution in [0.15, 0.2) is 65.7 Å². The van der Waals surface area contributed by atoms with Gasteiger partial charge in [0.1, 0.15) is 12.4 Å². The van der Waals surface area contributed by atoms with Crippen molar-refractivity contribution in [3.8, 4) is 22.8 Å². The largest absolute Gasteiger partial charge is 0.491 e. The van der Waals surface area contributed by atoms with Gasteiger partial charge in [0.05, 0.1) is 18.6 Å². The first-order valence-electron chi connectivity index (χ1n) is 9.53. The van der Waals surface area contributed by atoms with Gasteiger partial charge in [0.25, 0.3) is 5.91 Å². The van der Waals surface area contributed by atoms with E-state index in [-0.39, 0.29) is 10.8 Å². The molecule has 3 aromatic rings. The Morgan fingerprint density at radius 1 is 1.10 bits per heavy atom. The summed E-state index contributed by atoms with van der Waals surface area (Å²) in [7, 11) is -2.24. The predicted octanol–water partition coefficient (Wildman–Crippen LogP) is 2.44. The Bertz CT molecular complexity index is 1210. The summed E-state index contributed by atoms with van der Waals surface area (Å²) in [6.45, 7) is 1.13. The fraction of sp³-hybridized carbons (Fsp3) is 0.182. The molecule has 0 atom stereocenters. The van der Waals surface area contributed by atoms with Crippen molar-refractivity contribution in [2.75, 3.05) is 20.3 Å². The van der Waals surface area contributed by atoms with Gasteiger partial charge in [0.15, 0.2) is 0 Å². The zero-order chi connectivity index (χ0) is 22.0. The van der Waals surface area contributed by atoms with Gasteiger partial charge in [-0.3, -0.25) is 4.79 Å². The van der Waals surface area contributed by atoms with E-state index in [0.29, 0.717) is 31.1 Å². The lowest BCUT2D eigenvalue weighted by atomic mass is 10.0. The van der Waals surface area contributed by atoms with Gasteiger partial charge < -0.3 is 14.4 Å². The van der Waals surface area contributed by atoms with Crippen molar-refractivity contribution in [1.29, 1.82) is 0 Å². The molecule has 0 unspecified atom stereocenters. The highest BCUT2D eigenvalue weighted by atomic mass is 32.2. The number of primary sulfonamides is 1. The summed E-state index contributed by atoms with van der Waals surface area (Å²) < 4.78 is 33.8. The fourth-order valence-electron chi connectivity index (χ4n) is 3.39. The molecule has 2 heterocycles. The maximum Gasteiger partial charge on any atom is 0.254 e. The zero-order valence-electron chi connectivity index (χ0n) is 16.8. The Kier molecular flexibility index (Phi) is 5.62. The summed E-state index contributed by atoms with van der Waals surface area (Å²) in [5.74, 6) is 1.05. The quantitative estimate of drug-likeness (QED) is 0.668. The number of fused-ring (bicyclic) bond motifs is 1. The lowest BCUT2D eigenvalue weighted by molar-refractivity contribution is 0.0733.